The number of carboxylic acids is 1. The summed E-state index contributed by atoms with van der Waals surface area (Å²) in [7, 11) is 5.11. The van der Waals surface area contributed by atoms with Crippen molar-refractivity contribution < 1.29 is 38.0 Å². The van der Waals surface area contributed by atoms with Crippen molar-refractivity contribution in [3.8, 4) is 45.0 Å². The summed E-state index contributed by atoms with van der Waals surface area (Å²) in [6.07, 6.45) is 1.47. The molecule has 1 fully saturated rings. The summed E-state index contributed by atoms with van der Waals surface area (Å²) < 4.78 is 44.0. The summed E-state index contributed by atoms with van der Waals surface area (Å²) in [5.41, 5.74) is 4.37. The van der Waals surface area contributed by atoms with Gasteiger partial charge in [0.2, 0.25) is 12.0 Å². The number of likely N-dealkylation sites (N-methyl/N-ethyl adjacent to an activating group) is 1. The lowest BCUT2D eigenvalue weighted by molar-refractivity contribution is -0.145. The maximum absolute atomic E-state index is 14.9. The molecule has 6 aromatic rings. The topological polar surface area (TPSA) is 141 Å². The number of carbonyl (C=O) groups is 1. The minimum Gasteiger partial charge on any atom is -0.491 e. The fourth-order valence-corrected chi connectivity index (χ4v) is 8.23. The zero-order chi connectivity index (χ0) is 41.5. The Hall–Kier alpha value is -5.45. The van der Waals surface area contributed by atoms with Gasteiger partial charge in [0.1, 0.15) is 41.7 Å². The van der Waals surface area contributed by atoms with Crippen molar-refractivity contribution in [1.82, 2.24) is 29.7 Å². The molecule has 0 saturated carbocycles. The number of para-hydroxylation sites is 1. The minimum atomic E-state index is -1.38. The van der Waals surface area contributed by atoms with Crippen LogP contribution in [0.2, 0.25) is 5.02 Å². The monoisotopic (exact) mass is 842 g/mol. The normalized spacial score (nSPS) is 14.0. The summed E-state index contributed by atoms with van der Waals surface area (Å²) in [5.74, 6) is -0.529. The second-order valence-corrected chi connectivity index (χ2v) is 15.4. The Balaban J connectivity index is 1.24. The summed E-state index contributed by atoms with van der Waals surface area (Å²) in [5, 5.41) is 11.5. The summed E-state index contributed by atoms with van der Waals surface area (Å²) >= 11 is 8.42. The van der Waals surface area contributed by atoms with Gasteiger partial charge >= 0.3 is 12.0 Å². The number of methoxy groups -OCH3 is 2. The quantitative estimate of drug-likeness (QED) is 0.0980. The number of carboxylic acid groups (broad SMARTS) is 1. The largest absolute Gasteiger partial charge is 0.491 e. The number of hydrogen-bond donors (Lipinski definition) is 1. The van der Waals surface area contributed by atoms with E-state index in [9.17, 15) is 14.3 Å². The second-order valence-electron chi connectivity index (χ2n) is 14.0. The van der Waals surface area contributed by atoms with E-state index in [0.717, 1.165) is 48.7 Å². The van der Waals surface area contributed by atoms with Gasteiger partial charge in [0.15, 0.2) is 0 Å². The summed E-state index contributed by atoms with van der Waals surface area (Å²) in [6, 6.07) is 17.6. The van der Waals surface area contributed by atoms with E-state index in [1.54, 1.807) is 48.7 Å². The molecule has 0 aliphatic carbocycles. The average Bonchev–Trinajstić information content (AvgIpc) is 3.63. The zero-order valence-corrected chi connectivity index (χ0v) is 34.7. The van der Waals surface area contributed by atoms with Gasteiger partial charge in [0, 0.05) is 68.5 Å². The molecule has 0 spiro atoms. The molecule has 16 heteroatoms. The lowest BCUT2D eigenvalue weighted by atomic mass is 9.95. The highest BCUT2D eigenvalue weighted by molar-refractivity contribution is 7.22. The molecule has 0 radical (unpaired) electrons. The first kappa shape index (κ1) is 41.7. The van der Waals surface area contributed by atoms with E-state index in [1.807, 2.05) is 19.1 Å². The van der Waals surface area contributed by atoms with Crippen LogP contribution in [0.25, 0.3) is 31.8 Å². The highest BCUT2D eigenvalue weighted by Gasteiger charge is 2.29. The zero-order valence-electron chi connectivity index (χ0n) is 33.1. The number of nitrogens with zero attached hydrogens (tertiary/aromatic N) is 6. The van der Waals surface area contributed by atoms with Gasteiger partial charge in [0.05, 0.1) is 29.8 Å². The smallest absolute Gasteiger partial charge is 0.345 e. The molecular weight excluding hydrogens is 799 g/mol. The Morgan fingerprint density at radius 1 is 0.966 bits per heavy atom. The Labute approximate surface area is 350 Å². The Morgan fingerprint density at radius 2 is 1.78 bits per heavy atom. The molecule has 308 valence electrons. The molecule has 1 atom stereocenters. The number of halogens is 2. The maximum Gasteiger partial charge on any atom is 0.345 e. The van der Waals surface area contributed by atoms with Crippen LogP contribution in [0.1, 0.15) is 22.4 Å². The Morgan fingerprint density at radius 3 is 2.56 bits per heavy atom. The lowest BCUT2D eigenvalue weighted by Crippen LogP contribution is -2.45. The van der Waals surface area contributed by atoms with Crippen LogP contribution < -0.4 is 18.9 Å². The molecule has 1 aliphatic heterocycles. The van der Waals surface area contributed by atoms with Crippen LogP contribution >= 0.6 is 22.9 Å². The molecule has 1 aliphatic rings. The van der Waals surface area contributed by atoms with Crippen LogP contribution in [0.15, 0.2) is 73.2 Å². The van der Waals surface area contributed by atoms with Crippen molar-refractivity contribution in [3.63, 3.8) is 0 Å². The molecule has 3 aromatic carbocycles. The highest BCUT2D eigenvalue weighted by Crippen LogP contribution is 2.49. The van der Waals surface area contributed by atoms with E-state index >= 15 is 0 Å². The van der Waals surface area contributed by atoms with Gasteiger partial charge in [-0.05, 0) is 66.6 Å². The first-order valence-electron chi connectivity index (χ1n) is 19.0. The predicted molar refractivity (Wildman–Crippen MR) is 223 cm³/mol. The number of benzene rings is 3. The van der Waals surface area contributed by atoms with Gasteiger partial charge in [-0.1, -0.05) is 41.9 Å². The van der Waals surface area contributed by atoms with E-state index in [4.69, 9.17) is 35.3 Å². The van der Waals surface area contributed by atoms with E-state index in [1.165, 1.54) is 38.0 Å². The van der Waals surface area contributed by atoms with Crippen molar-refractivity contribution in [3.05, 3.63) is 106 Å². The summed E-state index contributed by atoms with van der Waals surface area (Å²) in [6.45, 7) is 7.29. The van der Waals surface area contributed by atoms with Gasteiger partial charge < -0.3 is 33.7 Å². The van der Waals surface area contributed by atoms with Gasteiger partial charge in [-0.2, -0.15) is 4.98 Å². The number of piperazine rings is 1. The van der Waals surface area contributed by atoms with Crippen LogP contribution in [0.4, 0.5) is 4.39 Å². The molecule has 13 nitrogen and oxygen atoms in total. The molecule has 1 N–H and O–H groups in total. The molecule has 1 saturated heterocycles. The van der Waals surface area contributed by atoms with Crippen LogP contribution in [0, 0.1) is 12.7 Å². The van der Waals surface area contributed by atoms with E-state index < -0.39 is 17.9 Å². The second kappa shape index (κ2) is 19.1. The van der Waals surface area contributed by atoms with E-state index in [2.05, 4.69) is 36.8 Å². The number of aliphatic carboxylic acids is 1. The number of thiophene rings is 1. The third-order valence-corrected chi connectivity index (χ3v) is 11.7. The van der Waals surface area contributed by atoms with Gasteiger partial charge in [-0.3, -0.25) is 4.90 Å². The van der Waals surface area contributed by atoms with Crippen LogP contribution in [0.5, 0.6) is 23.4 Å². The number of aromatic nitrogens is 4. The SMILES string of the molecule is COCc1cc(-c2sc3ncnc(O[C@H](Cc4ccccc4OCc4ccnc(OC)n4)C(=O)O)c3c2-c2ccc(OCCN3CCN(C)CC3)c(Cl)c2C)ccc1F. The first-order valence-corrected chi connectivity index (χ1v) is 20.2. The number of rotatable bonds is 17. The fraction of sp³-hybridized carbons (Fsp3) is 0.326. The Bertz CT molecular complexity index is 2430. The first-order chi connectivity index (χ1) is 28.6. The lowest BCUT2D eigenvalue weighted by Gasteiger charge is -2.32. The van der Waals surface area contributed by atoms with Crippen LogP contribution in [-0.2, 0) is 29.2 Å². The third kappa shape index (κ3) is 9.72. The van der Waals surface area contributed by atoms with E-state index in [0.29, 0.717) is 61.3 Å². The fourth-order valence-electron chi connectivity index (χ4n) is 6.87. The van der Waals surface area contributed by atoms with Gasteiger partial charge in [-0.25, -0.2) is 24.1 Å². The maximum atomic E-state index is 14.9. The van der Waals surface area contributed by atoms with Gasteiger partial charge in [0.25, 0.3) is 0 Å². The molecular formula is C43H44ClFN6O7S. The summed E-state index contributed by atoms with van der Waals surface area (Å²) in [4.78, 5) is 36.3. The van der Waals surface area contributed by atoms with Crippen molar-refractivity contribution >= 4 is 39.1 Å². The number of fused-ring (bicyclic) bond motifs is 1. The van der Waals surface area contributed by atoms with Crippen LogP contribution in [-0.4, -0.2) is 108 Å². The number of ether oxygens (including phenoxy) is 5. The highest BCUT2D eigenvalue weighted by atomic mass is 35.5. The van der Waals surface area contributed by atoms with Gasteiger partial charge in [-0.15, -0.1) is 11.3 Å². The molecule has 59 heavy (non-hydrogen) atoms. The molecule has 3 aromatic heterocycles. The average molecular weight is 843 g/mol. The Kier molecular flexibility index (Phi) is 13.5. The molecule has 0 unspecified atom stereocenters. The standard InChI is InChI=1S/C43H44ClFN6O7S/c1-26-31(10-12-34(38(26)44)56-20-19-51-17-15-50(2)16-18-51)36-37-40(47-25-48-41(37)59-39(36)28-9-11-32(45)29(21-28)23-54-3)58-35(42(52)53)22-27-7-5-6-8-33(27)57-24-30-13-14-46-43(49-30)55-4/h5-14,21,25,35H,15-20,22-24H2,1-4H3,(H,52,53)/t35-/m1/s1. The van der Waals surface area contributed by atoms with Crippen molar-refractivity contribution in [2.24, 2.45) is 0 Å². The molecule has 0 bridgehead atoms. The molecule has 7 rings (SSSR count). The molecule has 0 amide bonds. The molecule has 4 heterocycles. The van der Waals surface area contributed by atoms with Crippen LogP contribution in [0.3, 0.4) is 0 Å². The van der Waals surface area contributed by atoms with Crippen molar-refractivity contribution in [1.29, 1.82) is 0 Å². The number of hydrogen-bond acceptors (Lipinski definition) is 13. The minimum absolute atomic E-state index is 0.0558. The van der Waals surface area contributed by atoms with Crippen molar-refractivity contribution in [2.75, 3.05) is 60.6 Å². The third-order valence-electron chi connectivity index (χ3n) is 10.1. The predicted octanol–water partition coefficient (Wildman–Crippen LogP) is 7.35. The van der Waals surface area contributed by atoms with E-state index in [-0.39, 0.29) is 31.5 Å². The van der Waals surface area contributed by atoms with Crippen molar-refractivity contribution in [2.45, 2.75) is 32.7 Å².